The Morgan fingerprint density at radius 1 is 1.45 bits per heavy atom. The number of hydrogen-bond donors (Lipinski definition) is 2. The van der Waals surface area contributed by atoms with Crippen LogP contribution in [0, 0.1) is 0 Å². The molecule has 0 saturated heterocycles. The third kappa shape index (κ3) is 5.00. The summed E-state index contributed by atoms with van der Waals surface area (Å²) in [5.41, 5.74) is -0.115. The van der Waals surface area contributed by atoms with E-state index in [0.717, 1.165) is 24.3 Å². The van der Waals surface area contributed by atoms with Crippen molar-refractivity contribution in [2.75, 3.05) is 19.5 Å². The lowest BCUT2D eigenvalue weighted by Gasteiger charge is -2.29. The lowest BCUT2D eigenvalue weighted by atomic mass is 9.97. The second kappa shape index (κ2) is 7.34. The van der Waals surface area contributed by atoms with Crippen molar-refractivity contribution < 1.29 is 9.84 Å². The standard InChI is InChI=1S/C16H25NO2S/c1-16(12-18,17-13-7-8-13)9-4-10-20-15-6-3-5-14(11-15)19-2/h3,5-6,11,13,17-18H,4,7-10,12H2,1-2H3. The van der Waals surface area contributed by atoms with Gasteiger partial charge >= 0.3 is 0 Å². The highest BCUT2D eigenvalue weighted by Gasteiger charge is 2.31. The van der Waals surface area contributed by atoms with Gasteiger partial charge < -0.3 is 15.2 Å². The minimum absolute atomic E-state index is 0.115. The molecule has 1 aliphatic carbocycles. The number of ether oxygens (including phenoxy) is 1. The number of rotatable bonds is 9. The molecule has 3 nitrogen and oxygen atoms in total. The molecule has 1 saturated carbocycles. The van der Waals surface area contributed by atoms with Crippen LogP contribution in [0.1, 0.15) is 32.6 Å². The summed E-state index contributed by atoms with van der Waals surface area (Å²) in [6, 6.07) is 8.80. The molecule has 0 bridgehead atoms. The van der Waals surface area contributed by atoms with Crippen molar-refractivity contribution in [3.05, 3.63) is 24.3 Å². The van der Waals surface area contributed by atoms with Gasteiger partial charge in [0.2, 0.25) is 0 Å². The molecule has 4 heteroatoms. The quantitative estimate of drug-likeness (QED) is 0.543. The number of aliphatic hydroxyl groups is 1. The zero-order valence-electron chi connectivity index (χ0n) is 12.4. The van der Waals surface area contributed by atoms with Crippen molar-refractivity contribution >= 4 is 11.8 Å². The minimum atomic E-state index is -0.115. The summed E-state index contributed by atoms with van der Waals surface area (Å²) < 4.78 is 5.23. The lowest BCUT2D eigenvalue weighted by molar-refractivity contribution is 0.163. The molecule has 0 spiro atoms. The van der Waals surface area contributed by atoms with Crippen LogP contribution < -0.4 is 10.1 Å². The maximum absolute atomic E-state index is 9.56. The van der Waals surface area contributed by atoms with Crippen LogP contribution in [0.4, 0.5) is 0 Å². The summed E-state index contributed by atoms with van der Waals surface area (Å²) in [7, 11) is 1.69. The Labute approximate surface area is 126 Å². The SMILES string of the molecule is COc1cccc(SCCCC(C)(CO)NC2CC2)c1. The third-order valence-electron chi connectivity index (χ3n) is 3.66. The molecule has 0 radical (unpaired) electrons. The predicted octanol–water partition coefficient (Wildman–Crippen LogP) is 3.07. The van der Waals surface area contributed by atoms with E-state index in [0.29, 0.717) is 6.04 Å². The highest BCUT2D eigenvalue weighted by atomic mass is 32.2. The average molecular weight is 295 g/mol. The molecule has 1 aromatic carbocycles. The Morgan fingerprint density at radius 3 is 2.90 bits per heavy atom. The summed E-state index contributed by atoms with van der Waals surface area (Å²) in [5, 5.41) is 13.1. The number of benzene rings is 1. The zero-order chi connectivity index (χ0) is 14.4. The van der Waals surface area contributed by atoms with Crippen LogP contribution in [0.25, 0.3) is 0 Å². The summed E-state index contributed by atoms with van der Waals surface area (Å²) >= 11 is 1.85. The highest BCUT2D eigenvalue weighted by molar-refractivity contribution is 7.99. The van der Waals surface area contributed by atoms with Gasteiger partial charge in [-0.15, -0.1) is 11.8 Å². The van der Waals surface area contributed by atoms with E-state index in [1.807, 2.05) is 23.9 Å². The van der Waals surface area contributed by atoms with Gasteiger partial charge in [0, 0.05) is 16.5 Å². The Bertz CT molecular complexity index is 423. The molecular weight excluding hydrogens is 270 g/mol. The van der Waals surface area contributed by atoms with Gasteiger partial charge in [-0.1, -0.05) is 6.07 Å². The summed E-state index contributed by atoms with van der Waals surface area (Å²) in [5.74, 6) is 1.97. The Kier molecular flexibility index (Phi) is 5.75. The second-order valence-corrected chi connectivity index (χ2v) is 6.94. The lowest BCUT2D eigenvalue weighted by Crippen LogP contribution is -2.46. The van der Waals surface area contributed by atoms with Crippen LogP contribution in [-0.2, 0) is 0 Å². The van der Waals surface area contributed by atoms with Crippen molar-refractivity contribution in [2.24, 2.45) is 0 Å². The molecule has 1 atom stereocenters. The molecule has 0 amide bonds. The van der Waals surface area contributed by atoms with Crippen LogP contribution in [0.5, 0.6) is 5.75 Å². The second-order valence-electron chi connectivity index (χ2n) is 5.77. The maximum Gasteiger partial charge on any atom is 0.119 e. The van der Waals surface area contributed by atoms with Crippen LogP contribution in [0.2, 0.25) is 0 Å². The predicted molar refractivity (Wildman–Crippen MR) is 84.6 cm³/mol. The van der Waals surface area contributed by atoms with E-state index >= 15 is 0 Å². The molecule has 2 N–H and O–H groups in total. The number of nitrogens with one attached hydrogen (secondary N) is 1. The van der Waals surface area contributed by atoms with E-state index in [4.69, 9.17) is 4.74 Å². The number of thioether (sulfide) groups is 1. The van der Waals surface area contributed by atoms with Crippen molar-refractivity contribution in [1.82, 2.24) is 5.32 Å². The van der Waals surface area contributed by atoms with Crippen LogP contribution >= 0.6 is 11.8 Å². The Hall–Kier alpha value is -0.710. The van der Waals surface area contributed by atoms with E-state index < -0.39 is 0 Å². The normalized spacial score (nSPS) is 17.8. The van der Waals surface area contributed by atoms with E-state index in [1.54, 1.807) is 7.11 Å². The molecule has 1 aromatic rings. The molecule has 20 heavy (non-hydrogen) atoms. The summed E-state index contributed by atoms with van der Waals surface area (Å²) in [6.07, 6.45) is 4.62. The molecular formula is C16H25NO2S. The minimum Gasteiger partial charge on any atom is -0.497 e. The maximum atomic E-state index is 9.56. The molecule has 1 fully saturated rings. The fourth-order valence-corrected chi connectivity index (χ4v) is 3.16. The largest absolute Gasteiger partial charge is 0.497 e. The summed E-state index contributed by atoms with van der Waals surface area (Å²) in [6.45, 7) is 2.34. The smallest absolute Gasteiger partial charge is 0.119 e. The van der Waals surface area contributed by atoms with Crippen LogP contribution in [-0.4, -0.2) is 36.2 Å². The Morgan fingerprint density at radius 2 is 2.25 bits per heavy atom. The molecule has 1 unspecified atom stereocenters. The van der Waals surface area contributed by atoms with Crippen molar-refractivity contribution in [3.8, 4) is 5.75 Å². The topological polar surface area (TPSA) is 41.5 Å². The van der Waals surface area contributed by atoms with E-state index in [2.05, 4.69) is 24.4 Å². The fourth-order valence-electron chi connectivity index (χ4n) is 2.26. The zero-order valence-corrected chi connectivity index (χ0v) is 13.2. The van der Waals surface area contributed by atoms with Gasteiger partial charge in [-0.2, -0.15) is 0 Å². The number of hydrogen-bond acceptors (Lipinski definition) is 4. The van der Waals surface area contributed by atoms with Crippen LogP contribution in [0.15, 0.2) is 29.2 Å². The molecule has 0 aliphatic heterocycles. The first-order valence-electron chi connectivity index (χ1n) is 7.31. The first-order valence-corrected chi connectivity index (χ1v) is 8.29. The van der Waals surface area contributed by atoms with Gasteiger partial charge in [-0.05, 0) is 56.6 Å². The van der Waals surface area contributed by atoms with E-state index in [-0.39, 0.29) is 12.1 Å². The van der Waals surface area contributed by atoms with Crippen LogP contribution in [0.3, 0.4) is 0 Å². The number of aliphatic hydroxyl groups excluding tert-OH is 1. The van der Waals surface area contributed by atoms with Gasteiger partial charge in [-0.25, -0.2) is 0 Å². The first kappa shape index (κ1) is 15.7. The summed E-state index contributed by atoms with van der Waals surface area (Å²) in [4.78, 5) is 1.24. The first-order chi connectivity index (χ1) is 9.65. The fraction of sp³-hybridized carbons (Fsp3) is 0.625. The average Bonchev–Trinajstić information content (AvgIpc) is 3.28. The van der Waals surface area contributed by atoms with Gasteiger partial charge in [-0.3, -0.25) is 0 Å². The molecule has 0 heterocycles. The monoisotopic (exact) mass is 295 g/mol. The van der Waals surface area contributed by atoms with Crippen molar-refractivity contribution in [1.29, 1.82) is 0 Å². The number of methoxy groups -OCH3 is 1. The van der Waals surface area contributed by atoms with Gasteiger partial charge in [0.1, 0.15) is 5.75 Å². The molecule has 1 aliphatic rings. The third-order valence-corrected chi connectivity index (χ3v) is 4.74. The molecule has 0 aromatic heterocycles. The molecule has 2 rings (SSSR count). The Balaban J connectivity index is 1.71. The van der Waals surface area contributed by atoms with Crippen molar-refractivity contribution in [3.63, 3.8) is 0 Å². The van der Waals surface area contributed by atoms with Gasteiger partial charge in [0.25, 0.3) is 0 Å². The highest BCUT2D eigenvalue weighted by Crippen LogP contribution is 2.27. The van der Waals surface area contributed by atoms with Crippen molar-refractivity contribution in [2.45, 2.75) is 49.1 Å². The van der Waals surface area contributed by atoms with E-state index in [1.165, 1.54) is 17.7 Å². The van der Waals surface area contributed by atoms with Gasteiger partial charge in [0.15, 0.2) is 0 Å². The molecule has 112 valence electrons. The van der Waals surface area contributed by atoms with Gasteiger partial charge in [0.05, 0.1) is 13.7 Å². The van der Waals surface area contributed by atoms with E-state index in [9.17, 15) is 5.11 Å².